The number of sulfone groups is 1. The van der Waals surface area contributed by atoms with Crippen LogP contribution in [-0.2, 0) is 21.2 Å². The predicted octanol–water partition coefficient (Wildman–Crippen LogP) is 2.13. The van der Waals surface area contributed by atoms with Crippen molar-refractivity contribution in [2.45, 2.75) is 57.8 Å². The number of ether oxygens (including phenoxy) is 1. The Labute approximate surface area is 193 Å². The molecule has 0 radical (unpaired) electrons. The van der Waals surface area contributed by atoms with Gasteiger partial charge >= 0.3 is 0 Å². The number of rotatable bonds is 9. The summed E-state index contributed by atoms with van der Waals surface area (Å²) in [4.78, 5) is 14.3. The van der Waals surface area contributed by atoms with E-state index >= 15 is 0 Å². The van der Waals surface area contributed by atoms with Crippen molar-refractivity contribution in [1.82, 2.24) is 19.8 Å². The number of aryl methyl sites for hydroxylation is 1. The van der Waals surface area contributed by atoms with Crippen LogP contribution in [0.3, 0.4) is 0 Å². The van der Waals surface area contributed by atoms with E-state index in [0.29, 0.717) is 29.9 Å². The van der Waals surface area contributed by atoms with E-state index in [4.69, 9.17) is 10.6 Å². The summed E-state index contributed by atoms with van der Waals surface area (Å²) in [6.07, 6.45) is 0.485. The van der Waals surface area contributed by atoms with Gasteiger partial charge in [-0.25, -0.2) is 13.1 Å². The SMILES string of the molecule is CCN(C(=O)CSc1nnc(COc2cc(C)ccc2C(C)C)n1N)C1CCS(=O)(=O)C1. The average molecular weight is 482 g/mol. The molecule has 2 N–H and O–H groups in total. The summed E-state index contributed by atoms with van der Waals surface area (Å²) in [6, 6.07) is 5.84. The molecule has 32 heavy (non-hydrogen) atoms. The lowest BCUT2D eigenvalue weighted by Crippen LogP contribution is -2.42. The lowest BCUT2D eigenvalue weighted by atomic mass is 10.0. The van der Waals surface area contributed by atoms with Crippen LogP contribution in [0.2, 0.25) is 0 Å². The molecule has 2 aromatic rings. The Bertz CT molecular complexity index is 1070. The molecule has 9 nitrogen and oxygen atoms in total. The highest BCUT2D eigenvalue weighted by Crippen LogP contribution is 2.28. The van der Waals surface area contributed by atoms with E-state index in [9.17, 15) is 13.2 Å². The van der Waals surface area contributed by atoms with Gasteiger partial charge in [0.05, 0.1) is 17.3 Å². The van der Waals surface area contributed by atoms with Crippen LogP contribution in [-0.4, -0.2) is 63.9 Å². The molecule has 1 aromatic heterocycles. The topological polar surface area (TPSA) is 120 Å². The first kappa shape index (κ1) is 24.4. The summed E-state index contributed by atoms with van der Waals surface area (Å²) in [5, 5.41) is 8.59. The largest absolute Gasteiger partial charge is 0.485 e. The molecule has 11 heteroatoms. The molecule has 1 fully saturated rings. The molecule has 0 aliphatic carbocycles. The molecule has 1 unspecified atom stereocenters. The van der Waals surface area contributed by atoms with Gasteiger partial charge in [-0.15, -0.1) is 10.2 Å². The van der Waals surface area contributed by atoms with Crippen molar-refractivity contribution in [2.24, 2.45) is 0 Å². The molecule has 1 aromatic carbocycles. The number of hydrogen-bond donors (Lipinski definition) is 1. The summed E-state index contributed by atoms with van der Waals surface area (Å²) in [6.45, 7) is 8.69. The van der Waals surface area contributed by atoms with Gasteiger partial charge in [0.2, 0.25) is 11.1 Å². The monoisotopic (exact) mass is 481 g/mol. The maximum absolute atomic E-state index is 12.7. The molecule has 1 aliphatic rings. The molecule has 0 bridgehead atoms. The van der Waals surface area contributed by atoms with Crippen LogP contribution in [0.5, 0.6) is 5.75 Å². The maximum Gasteiger partial charge on any atom is 0.233 e. The summed E-state index contributed by atoms with van der Waals surface area (Å²) >= 11 is 1.18. The molecule has 2 heterocycles. The van der Waals surface area contributed by atoms with Gasteiger partial charge in [-0.3, -0.25) is 4.79 Å². The number of thioether (sulfide) groups is 1. The fourth-order valence-electron chi connectivity index (χ4n) is 3.76. The lowest BCUT2D eigenvalue weighted by molar-refractivity contribution is -0.129. The molecular weight excluding hydrogens is 450 g/mol. The van der Waals surface area contributed by atoms with Crippen LogP contribution in [0.4, 0.5) is 0 Å². The first-order valence-electron chi connectivity index (χ1n) is 10.7. The molecular formula is C21H31N5O4S2. The van der Waals surface area contributed by atoms with E-state index in [0.717, 1.165) is 16.9 Å². The number of amides is 1. The second kappa shape index (κ2) is 10.1. The van der Waals surface area contributed by atoms with Crippen molar-refractivity contribution in [3.05, 3.63) is 35.2 Å². The second-order valence-electron chi connectivity index (χ2n) is 8.28. The van der Waals surface area contributed by atoms with E-state index in [1.807, 2.05) is 19.9 Å². The number of hydrogen-bond acceptors (Lipinski definition) is 8. The van der Waals surface area contributed by atoms with Crippen LogP contribution in [0.1, 0.15) is 50.1 Å². The summed E-state index contributed by atoms with van der Waals surface area (Å²) in [5.41, 5.74) is 2.20. The van der Waals surface area contributed by atoms with Gasteiger partial charge in [-0.05, 0) is 43.4 Å². The third kappa shape index (κ3) is 5.74. The summed E-state index contributed by atoms with van der Waals surface area (Å²) in [5.74, 6) is 7.82. The standard InChI is InChI=1S/C21H31N5O4S2/c1-5-25(16-8-9-32(28,29)13-16)20(27)12-31-21-24-23-19(26(21)22)11-30-18-10-15(4)6-7-17(18)14(2)3/h6-7,10,14,16H,5,8-9,11-13,22H2,1-4H3. The van der Waals surface area contributed by atoms with Gasteiger partial charge in [0.15, 0.2) is 15.7 Å². The molecule has 1 amide bonds. The molecule has 0 saturated carbocycles. The van der Waals surface area contributed by atoms with Crippen molar-refractivity contribution in [3.63, 3.8) is 0 Å². The van der Waals surface area contributed by atoms with E-state index < -0.39 is 9.84 Å². The molecule has 3 rings (SSSR count). The van der Waals surface area contributed by atoms with E-state index in [-0.39, 0.29) is 35.8 Å². The Hall–Kier alpha value is -2.27. The van der Waals surface area contributed by atoms with Gasteiger partial charge in [0.1, 0.15) is 12.4 Å². The number of carbonyl (C=O) groups is 1. The highest BCUT2D eigenvalue weighted by atomic mass is 32.2. The minimum absolute atomic E-state index is 0.0309. The van der Waals surface area contributed by atoms with E-state index in [2.05, 4.69) is 36.2 Å². The van der Waals surface area contributed by atoms with Crippen molar-refractivity contribution in [1.29, 1.82) is 0 Å². The minimum Gasteiger partial charge on any atom is -0.485 e. The third-order valence-electron chi connectivity index (χ3n) is 5.52. The van der Waals surface area contributed by atoms with Crippen molar-refractivity contribution in [3.8, 4) is 5.75 Å². The zero-order chi connectivity index (χ0) is 23.5. The lowest BCUT2D eigenvalue weighted by Gasteiger charge is -2.26. The number of carbonyl (C=O) groups excluding carboxylic acids is 1. The number of nitrogens with two attached hydrogens (primary N) is 1. The zero-order valence-corrected chi connectivity index (χ0v) is 20.6. The van der Waals surface area contributed by atoms with E-state index in [1.165, 1.54) is 16.4 Å². The number of benzene rings is 1. The quantitative estimate of drug-likeness (QED) is 0.427. The highest BCUT2D eigenvalue weighted by molar-refractivity contribution is 7.99. The molecule has 1 aliphatic heterocycles. The van der Waals surface area contributed by atoms with Crippen LogP contribution in [0.15, 0.2) is 23.4 Å². The number of nitrogens with zero attached hydrogens (tertiary/aromatic N) is 4. The Morgan fingerprint density at radius 2 is 2.12 bits per heavy atom. The summed E-state index contributed by atoms with van der Waals surface area (Å²) in [7, 11) is -3.06. The smallest absolute Gasteiger partial charge is 0.233 e. The molecule has 1 atom stereocenters. The first-order valence-corrected chi connectivity index (χ1v) is 13.5. The Morgan fingerprint density at radius 3 is 2.75 bits per heavy atom. The number of aromatic nitrogens is 3. The summed E-state index contributed by atoms with van der Waals surface area (Å²) < 4.78 is 30.8. The van der Waals surface area contributed by atoms with Crippen molar-refractivity contribution in [2.75, 3.05) is 29.6 Å². The van der Waals surface area contributed by atoms with Gasteiger partial charge in [-0.2, -0.15) is 0 Å². The van der Waals surface area contributed by atoms with Gasteiger partial charge < -0.3 is 15.5 Å². The second-order valence-corrected chi connectivity index (χ2v) is 11.4. The van der Waals surface area contributed by atoms with Crippen molar-refractivity contribution >= 4 is 27.5 Å². The highest BCUT2D eigenvalue weighted by Gasteiger charge is 2.33. The third-order valence-corrected chi connectivity index (χ3v) is 8.20. The van der Waals surface area contributed by atoms with Gasteiger partial charge in [-0.1, -0.05) is 37.7 Å². The zero-order valence-electron chi connectivity index (χ0n) is 18.9. The predicted molar refractivity (Wildman–Crippen MR) is 125 cm³/mol. The van der Waals surface area contributed by atoms with Crippen LogP contribution in [0.25, 0.3) is 0 Å². The Balaban J connectivity index is 1.60. The molecule has 1 saturated heterocycles. The average Bonchev–Trinajstić information content (AvgIpc) is 3.26. The Kier molecular flexibility index (Phi) is 7.71. The molecule has 0 spiro atoms. The molecule has 176 valence electrons. The maximum atomic E-state index is 12.7. The first-order chi connectivity index (χ1) is 15.1. The fourth-order valence-corrected chi connectivity index (χ4v) is 6.25. The van der Waals surface area contributed by atoms with Gasteiger partial charge in [0, 0.05) is 12.6 Å². The van der Waals surface area contributed by atoms with Crippen molar-refractivity contribution < 1.29 is 17.9 Å². The van der Waals surface area contributed by atoms with Crippen LogP contribution >= 0.6 is 11.8 Å². The fraction of sp³-hybridized carbons (Fsp3) is 0.571. The van der Waals surface area contributed by atoms with Crippen LogP contribution in [0, 0.1) is 6.92 Å². The minimum atomic E-state index is -3.06. The van der Waals surface area contributed by atoms with E-state index in [1.54, 1.807) is 4.90 Å². The normalized spacial score (nSPS) is 17.6. The van der Waals surface area contributed by atoms with Crippen LogP contribution < -0.4 is 10.6 Å². The Morgan fingerprint density at radius 1 is 1.38 bits per heavy atom. The van der Waals surface area contributed by atoms with Gasteiger partial charge in [0.25, 0.3) is 0 Å². The number of nitrogen functional groups attached to an aromatic ring is 1.